The van der Waals surface area contributed by atoms with E-state index in [-0.39, 0.29) is 18.0 Å². The fourth-order valence-electron chi connectivity index (χ4n) is 5.46. The van der Waals surface area contributed by atoms with Crippen LogP contribution in [0.15, 0.2) is 73.4 Å². The smallest absolute Gasteiger partial charge is 0.251 e. The highest BCUT2D eigenvalue weighted by Gasteiger charge is 2.43. The molecule has 3 fully saturated rings. The number of carbonyl (C=O) groups excluding carboxylic acids is 1. The molecule has 2 aromatic carbocycles. The molecular formula is C27H29N3O2. The monoisotopic (exact) mass is 427 g/mol. The fourth-order valence-corrected chi connectivity index (χ4v) is 5.46. The molecule has 6 rings (SSSR count). The van der Waals surface area contributed by atoms with Gasteiger partial charge in [0.1, 0.15) is 5.75 Å². The number of fused-ring (bicyclic) bond motifs is 4. The molecule has 164 valence electrons. The van der Waals surface area contributed by atoms with E-state index in [0.29, 0.717) is 17.4 Å². The number of ether oxygens (including phenoxy) is 1. The largest absolute Gasteiger partial charge is 0.497 e. The van der Waals surface area contributed by atoms with Gasteiger partial charge in [-0.25, -0.2) is 0 Å². The topological polar surface area (TPSA) is 54.5 Å². The van der Waals surface area contributed by atoms with Crippen molar-refractivity contribution in [2.75, 3.05) is 20.2 Å². The van der Waals surface area contributed by atoms with Gasteiger partial charge in [-0.1, -0.05) is 24.3 Å². The Morgan fingerprint density at radius 3 is 2.75 bits per heavy atom. The number of amides is 1. The van der Waals surface area contributed by atoms with Crippen LogP contribution >= 0.6 is 0 Å². The van der Waals surface area contributed by atoms with Gasteiger partial charge >= 0.3 is 0 Å². The van der Waals surface area contributed by atoms with E-state index in [1.54, 1.807) is 7.11 Å². The number of pyridine rings is 1. The summed E-state index contributed by atoms with van der Waals surface area (Å²) in [6.45, 7) is 6.14. The van der Waals surface area contributed by atoms with Gasteiger partial charge in [0.2, 0.25) is 0 Å². The van der Waals surface area contributed by atoms with E-state index < -0.39 is 0 Å². The predicted octanol–water partition coefficient (Wildman–Crippen LogP) is 4.61. The highest BCUT2D eigenvalue weighted by molar-refractivity contribution is 5.95. The summed E-state index contributed by atoms with van der Waals surface area (Å²) < 4.78 is 5.24. The van der Waals surface area contributed by atoms with Crippen molar-refractivity contribution in [1.82, 2.24) is 15.2 Å². The second-order valence-electron chi connectivity index (χ2n) is 8.84. The third-order valence-corrected chi connectivity index (χ3v) is 7.20. The summed E-state index contributed by atoms with van der Waals surface area (Å²) in [5.74, 6) is 1.83. The molecule has 32 heavy (non-hydrogen) atoms. The molecule has 3 aliphatic rings. The molecule has 4 heterocycles. The minimum Gasteiger partial charge on any atom is -0.497 e. The van der Waals surface area contributed by atoms with Gasteiger partial charge in [0, 0.05) is 29.7 Å². The van der Waals surface area contributed by atoms with Crippen LogP contribution in [0, 0.1) is 11.8 Å². The Hall–Kier alpha value is -3.18. The normalized spacial score (nSPS) is 25.3. The van der Waals surface area contributed by atoms with Gasteiger partial charge in [0.05, 0.1) is 18.7 Å². The number of nitrogens with one attached hydrogen (secondary N) is 1. The number of piperidine rings is 3. The predicted molar refractivity (Wildman–Crippen MR) is 127 cm³/mol. The van der Waals surface area contributed by atoms with Crippen molar-refractivity contribution in [2.45, 2.75) is 24.9 Å². The number of hydrogen-bond acceptors (Lipinski definition) is 4. The van der Waals surface area contributed by atoms with E-state index >= 15 is 0 Å². The average molecular weight is 428 g/mol. The summed E-state index contributed by atoms with van der Waals surface area (Å²) in [5, 5.41) is 4.49. The number of benzene rings is 2. The van der Waals surface area contributed by atoms with Crippen molar-refractivity contribution in [3.8, 4) is 5.75 Å². The molecule has 0 saturated carbocycles. The van der Waals surface area contributed by atoms with E-state index in [4.69, 9.17) is 4.74 Å². The van der Waals surface area contributed by atoms with Crippen LogP contribution in [0.1, 0.15) is 34.8 Å². The van der Waals surface area contributed by atoms with Crippen LogP contribution in [0.5, 0.6) is 5.75 Å². The van der Waals surface area contributed by atoms with E-state index in [9.17, 15) is 4.79 Å². The molecule has 1 amide bonds. The van der Waals surface area contributed by atoms with Crippen molar-refractivity contribution >= 4 is 16.8 Å². The first-order valence-corrected chi connectivity index (χ1v) is 11.3. The molecule has 5 atom stereocenters. The van der Waals surface area contributed by atoms with Gasteiger partial charge in [-0.15, -0.1) is 6.58 Å². The Morgan fingerprint density at radius 1 is 1.22 bits per heavy atom. The number of hydrogen-bond donors (Lipinski definition) is 1. The zero-order chi connectivity index (χ0) is 22.1. The maximum absolute atomic E-state index is 13.3. The Balaban J connectivity index is 1.52. The van der Waals surface area contributed by atoms with E-state index in [0.717, 1.165) is 41.7 Å². The van der Waals surface area contributed by atoms with Gasteiger partial charge in [-0.05, 0) is 73.2 Å². The molecule has 1 aromatic heterocycles. The summed E-state index contributed by atoms with van der Waals surface area (Å²) in [5.41, 5.74) is 2.72. The lowest BCUT2D eigenvalue weighted by Gasteiger charge is -2.51. The molecule has 3 aromatic rings. The maximum atomic E-state index is 13.3. The number of aromatic nitrogens is 1. The van der Waals surface area contributed by atoms with Crippen molar-refractivity contribution in [1.29, 1.82) is 0 Å². The van der Waals surface area contributed by atoms with E-state index in [2.05, 4.69) is 40.0 Å². The molecule has 5 nitrogen and oxygen atoms in total. The first-order valence-electron chi connectivity index (χ1n) is 11.3. The van der Waals surface area contributed by atoms with Crippen LogP contribution in [0.4, 0.5) is 0 Å². The van der Waals surface area contributed by atoms with E-state index in [1.165, 1.54) is 6.42 Å². The van der Waals surface area contributed by atoms with Crippen molar-refractivity contribution in [2.24, 2.45) is 11.8 Å². The average Bonchev–Trinajstić information content (AvgIpc) is 2.87. The Morgan fingerprint density at radius 2 is 2.03 bits per heavy atom. The number of para-hydroxylation sites is 1. The minimum atomic E-state index is -0.119. The molecule has 2 bridgehead atoms. The Labute approximate surface area is 189 Å². The third-order valence-electron chi connectivity index (χ3n) is 7.20. The van der Waals surface area contributed by atoms with Crippen LogP contribution in [0.2, 0.25) is 0 Å². The Kier molecular flexibility index (Phi) is 5.66. The third kappa shape index (κ3) is 3.78. The highest BCUT2D eigenvalue weighted by Crippen LogP contribution is 2.42. The summed E-state index contributed by atoms with van der Waals surface area (Å²) >= 11 is 0. The molecule has 5 heteroatoms. The van der Waals surface area contributed by atoms with Gasteiger partial charge < -0.3 is 10.1 Å². The maximum Gasteiger partial charge on any atom is 0.251 e. The summed E-state index contributed by atoms with van der Waals surface area (Å²) in [6.07, 6.45) is 6.22. The molecule has 0 aliphatic carbocycles. The van der Waals surface area contributed by atoms with Crippen LogP contribution < -0.4 is 10.1 Å². The minimum absolute atomic E-state index is 0.0681. The van der Waals surface area contributed by atoms with Crippen LogP contribution in [-0.4, -0.2) is 42.0 Å². The SMILES string of the molecule is C=C[C@H]1CN2CC[C@H]1C[C@@H]2[C@H](NC(=O)c1ccc(OC)cc1)c1ccnc2ccccc12. The number of carbonyl (C=O) groups is 1. The van der Waals surface area contributed by atoms with Crippen LogP contribution in [0.3, 0.4) is 0 Å². The van der Waals surface area contributed by atoms with Crippen LogP contribution in [0.25, 0.3) is 10.9 Å². The number of nitrogens with zero attached hydrogens (tertiary/aromatic N) is 2. The zero-order valence-electron chi connectivity index (χ0n) is 18.4. The van der Waals surface area contributed by atoms with Crippen LogP contribution in [-0.2, 0) is 0 Å². The summed E-state index contributed by atoms with van der Waals surface area (Å²) in [4.78, 5) is 20.4. The molecule has 0 spiro atoms. The van der Waals surface area contributed by atoms with E-state index in [1.807, 2.05) is 48.7 Å². The lowest BCUT2D eigenvalue weighted by atomic mass is 9.73. The molecular weight excluding hydrogens is 398 g/mol. The van der Waals surface area contributed by atoms with Gasteiger partial charge in [-0.2, -0.15) is 0 Å². The quantitative estimate of drug-likeness (QED) is 0.584. The van der Waals surface area contributed by atoms with Gasteiger partial charge in [-0.3, -0.25) is 14.7 Å². The molecule has 1 N–H and O–H groups in total. The zero-order valence-corrected chi connectivity index (χ0v) is 18.4. The first kappa shape index (κ1) is 20.7. The second kappa shape index (κ2) is 8.75. The standard InChI is InChI=1S/C27H29N3O2/c1-3-18-17-30-15-13-20(18)16-25(30)26(23-12-14-28-24-7-5-4-6-22(23)24)29-27(31)19-8-10-21(32-2)11-9-19/h3-12,14,18,20,25-26H,1,13,15-17H2,2H3,(H,29,31)/t18-,20-,25+,26+/m0/s1. The lowest BCUT2D eigenvalue weighted by molar-refractivity contribution is 0.00171. The lowest BCUT2D eigenvalue weighted by Crippen LogP contribution is -2.57. The first-order chi connectivity index (χ1) is 15.7. The second-order valence-corrected chi connectivity index (χ2v) is 8.84. The molecule has 1 unspecified atom stereocenters. The van der Waals surface area contributed by atoms with Gasteiger partial charge in [0.15, 0.2) is 0 Å². The molecule has 0 radical (unpaired) electrons. The Bertz CT molecular complexity index is 1120. The number of rotatable bonds is 6. The highest BCUT2D eigenvalue weighted by atomic mass is 16.5. The number of methoxy groups -OCH3 is 1. The summed E-state index contributed by atoms with van der Waals surface area (Å²) in [6, 6.07) is 17.7. The fraction of sp³-hybridized carbons (Fsp3) is 0.333. The summed E-state index contributed by atoms with van der Waals surface area (Å²) in [7, 11) is 1.63. The van der Waals surface area contributed by atoms with Crippen molar-refractivity contribution < 1.29 is 9.53 Å². The molecule has 3 saturated heterocycles. The van der Waals surface area contributed by atoms with Crippen molar-refractivity contribution in [3.05, 3.63) is 84.6 Å². The molecule has 3 aliphatic heterocycles. The van der Waals surface area contributed by atoms with Crippen molar-refractivity contribution in [3.63, 3.8) is 0 Å². The van der Waals surface area contributed by atoms with Gasteiger partial charge in [0.25, 0.3) is 5.91 Å².